The Morgan fingerprint density at radius 1 is 1.46 bits per heavy atom. The van der Waals surface area contributed by atoms with Crippen molar-refractivity contribution in [2.45, 2.75) is 45.4 Å². The molecule has 7 nitrogen and oxygen atoms in total. The number of hydrogen-bond acceptors (Lipinski definition) is 6. The Bertz CT molecular complexity index is 712. The number of esters is 1. The molecular weight excluding hydrogens is 306 g/mol. The zero-order valence-electron chi connectivity index (χ0n) is 14.6. The number of anilines is 1. The van der Waals surface area contributed by atoms with Crippen LogP contribution in [0, 0.1) is 5.92 Å². The van der Waals surface area contributed by atoms with Crippen LogP contribution < -0.4 is 4.90 Å². The summed E-state index contributed by atoms with van der Waals surface area (Å²) >= 11 is 0. The zero-order valence-corrected chi connectivity index (χ0v) is 14.6. The van der Waals surface area contributed by atoms with Gasteiger partial charge in [-0.05, 0) is 37.2 Å². The van der Waals surface area contributed by atoms with E-state index in [1.165, 1.54) is 7.11 Å². The molecule has 0 amide bonds. The Morgan fingerprint density at radius 3 is 3.04 bits per heavy atom. The molecule has 0 radical (unpaired) electrons. The zero-order chi connectivity index (χ0) is 17.1. The van der Waals surface area contributed by atoms with Gasteiger partial charge in [0, 0.05) is 19.5 Å². The number of methoxy groups -OCH3 is 1. The first-order valence-corrected chi connectivity index (χ1v) is 8.61. The Labute approximate surface area is 142 Å². The van der Waals surface area contributed by atoms with Crippen LogP contribution in [-0.2, 0) is 9.53 Å². The predicted molar refractivity (Wildman–Crippen MR) is 91.1 cm³/mol. The molecule has 1 aliphatic rings. The third-order valence-electron chi connectivity index (χ3n) is 4.70. The number of fused-ring (bicyclic) bond motifs is 1. The maximum Gasteiger partial charge on any atom is 0.305 e. The van der Waals surface area contributed by atoms with Gasteiger partial charge in [-0.25, -0.2) is 0 Å². The van der Waals surface area contributed by atoms with Gasteiger partial charge in [0.05, 0.1) is 18.5 Å². The van der Waals surface area contributed by atoms with Crippen molar-refractivity contribution >= 4 is 17.3 Å². The Morgan fingerprint density at radius 2 is 2.29 bits per heavy atom. The van der Waals surface area contributed by atoms with E-state index in [0.29, 0.717) is 18.3 Å². The fourth-order valence-electron chi connectivity index (χ4n) is 3.29. The number of ether oxygens (including phenoxy) is 1. The third-order valence-corrected chi connectivity index (χ3v) is 4.70. The standard InChI is InChI=1S/C17H25N5O2/c1-12(2)14-9-15(17-19-18-11-22(17)20-14)21-8-4-5-13(10-21)6-7-16(23)24-3/h9,11-13H,4-8,10H2,1-3H3. The summed E-state index contributed by atoms with van der Waals surface area (Å²) in [5, 5.41) is 12.8. The molecule has 0 N–H and O–H groups in total. The van der Waals surface area contributed by atoms with Crippen molar-refractivity contribution in [3.63, 3.8) is 0 Å². The molecule has 2 aromatic rings. The van der Waals surface area contributed by atoms with Crippen LogP contribution in [0.3, 0.4) is 0 Å². The highest BCUT2D eigenvalue weighted by Gasteiger charge is 2.24. The van der Waals surface area contributed by atoms with Gasteiger partial charge in [-0.15, -0.1) is 10.2 Å². The average molecular weight is 331 g/mol. The molecule has 0 spiro atoms. The molecule has 0 saturated carbocycles. The molecular formula is C17H25N5O2. The first-order chi connectivity index (χ1) is 11.6. The lowest BCUT2D eigenvalue weighted by atomic mass is 9.93. The molecule has 1 unspecified atom stereocenters. The Kier molecular flexibility index (Phi) is 4.97. The topological polar surface area (TPSA) is 72.6 Å². The number of aromatic nitrogens is 4. The van der Waals surface area contributed by atoms with E-state index in [2.05, 4.69) is 40.1 Å². The number of hydrogen-bond donors (Lipinski definition) is 0. The summed E-state index contributed by atoms with van der Waals surface area (Å²) in [7, 11) is 1.45. The molecule has 3 heterocycles. The summed E-state index contributed by atoms with van der Waals surface area (Å²) in [5.41, 5.74) is 2.93. The van der Waals surface area contributed by atoms with Gasteiger partial charge in [0.1, 0.15) is 6.33 Å². The smallest absolute Gasteiger partial charge is 0.305 e. The first-order valence-electron chi connectivity index (χ1n) is 8.61. The molecule has 130 valence electrons. The lowest BCUT2D eigenvalue weighted by molar-refractivity contribution is -0.140. The molecule has 7 heteroatoms. The summed E-state index contributed by atoms with van der Waals surface area (Å²) in [6, 6.07) is 2.14. The van der Waals surface area contributed by atoms with Crippen LogP contribution in [0.25, 0.3) is 5.65 Å². The van der Waals surface area contributed by atoms with Crippen molar-refractivity contribution in [3.8, 4) is 0 Å². The van der Waals surface area contributed by atoms with E-state index in [-0.39, 0.29) is 5.97 Å². The normalized spacial score (nSPS) is 18.3. The molecule has 0 aliphatic carbocycles. The fraction of sp³-hybridized carbons (Fsp3) is 0.647. The van der Waals surface area contributed by atoms with Gasteiger partial charge in [-0.2, -0.15) is 9.61 Å². The summed E-state index contributed by atoms with van der Waals surface area (Å²) < 4.78 is 6.53. The van der Waals surface area contributed by atoms with Crippen LogP contribution in [0.1, 0.15) is 51.1 Å². The van der Waals surface area contributed by atoms with Crippen molar-refractivity contribution in [2.24, 2.45) is 5.92 Å². The van der Waals surface area contributed by atoms with Crippen LogP contribution in [0.4, 0.5) is 5.69 Å². The second-order valence-corrected chi connectivity index (χ2v) is 6.78. The van der Waals surface area contributed by atoms with Gasteiger partial charge in [-0.1, -0.05) is 13.8 Å². The second kappa shape index (κ2) is 7.15. The number of carbonyl (C=O) groups is 1. The van der Waals surface area contributed by atoms with E-state index in [9.17, 15) is 4.79 Å². The number of rotatable bonds is 5. The minimum atomic E-state index is -0.127. The largest absolute Gasteiger partial charge is 0.469 e. The second-order valence-electron chi connectivity index (χ2n) is 6.78. The highest BCUT2D eigenvalue weighted by Crippen LogP contribution is 2.29. The minimum Gasteiger partial charge on any atom is -0.469 e. The lowest BCUT2D eigenvalue weighted by Crippen LogP contribution is -2.36. The Balaban J connectivity index is 1.81. The number of nitrogens with zero attached hydrogens (tertiary/aromatic N) is 5. The van der Waals surface area contributed by atoms with E-state index in [1.54, 1.807) is 10.8 Å². The maximum atomic E-state index is 11.4. The van der Waals surface area contributed by atoms with Crippen molar-refractivity contribution in [3.05, 3.63) is 18.1 Å². The molecule has 1 aliphatic heterocycles. The Hall–Kier alpha value is -2.18. The summed E-state index contributed by atoms with van der Waals surface area (Å²) in [5.74, 6) is 0.713. The van der Waals surface area contributed by atoms with Crippen molar-refractivity contribution in [1.82, 2.24) is 19.8 Å². The molecule has 1 saturated heterocycles. The van der Waals surface area contributed by atoms with Crippen LogP contribution in [-0.4, -0.2) is 46.0 Å². The van der Waals surface area contributed by atoms with E-state index < -0.39 is 0 Å². The van der Waals surface area contributed by atoms with Gasteiger partial charge < -0.3 is 9.64 Å². The summed E-state index contributed by atoms with van der Waals surface area (Å²) in [4.78, 5) is 13.8. The molecule has 1 fully saturated rings. The molecule has 24 heavy (non-hydrogen) atoms. The van der Waals surface area contributed by atoms with E-state index >= 15 is 0 Å². The van der Waals surface area contributed by atoms with Crippen LogP contribution >= 0.6 is 0 Å². The monoisotopic (exact) mass is 331 g/mol. The van der Waals surface area contributed by atoms with Crippen LogP contribution in [0.15, 0.2) is 12.4 Å². The maximum absolute atomic E-state index is 11.4. The van der Waals surface area contributed by atoms with Crippen LogP contribution in [0.2, 0.25) is 0 Å². The summed E-state index contributed by atoms with van der Waals surface area (Å²) in [6.45, 7) is 6.20. The molecule has 0 aromatic carbocycles. The van der Waals surface area contributed by atoms with Gasteiger partial charge >= 0.3 is 5.97 Å². The van der Waals surface area contributed by atoms with E-state index in [0.717, 1.165) is 49.4 Å². The number of carbonyl (C=O) groups excluding carboxylic acids is 1. The molecule has 3 rings (SSSR count). The fourth-order valence-corrected chi connectivity index (χ4v) is 3.29. The van der Waals surface area contributed by atoms with Gasteiger partial charge in [0.25, 0.3) is 0 Å². The van der Waals surface area contributed by atoms with Crippen molar-refractivity contribution in [2.75, 3.05) is 25.1 Å². The van der Waals surface area contributed by atoms with Crippen LogP contribution in [0.5, 0.6) is 0 Å². The first kappa shape index (κ1) is 16.7. The number of piperidine rings is 1. The highest BCUT2D eigenvalue weighted by atomic mass is 16.5. The van der Waals surface area contributed by atoms with Gasteiger partial charge in [0.15, 0.2) is 0 Å². The third kappa shape index (κ3) is 3.49. The SMILES string of the molecule is COC(=O)CCC1CCCN(c2cc(C(C)C)nn3cnnc23)C1. The predicted octanol–water partition coefficient (Wildman–Crippen LogP) is 2.42. The minimum absolute atomic E-state index is 0.127. The van der Waals surface area contributed by atoms with Crippen molar-refractivity contribution in [1.29, 1.82) is 0 Å². The van der Waals surface area contributed by atoms with Gasteiger partial charge in [0.2, 0.25) is 5.65 Å². The van der Waals surface area contributed by atoms with Gasteiger partial charge in [-0.3, -0.25) is 4.79 Å². The quantitative estimate of drug-likeness (QED) is 0.784. The van der Waals surface area contributed by atoms with Crippen molar-refractivity contribution < 1.29 is 9.53 Å². The molecule has 2 aromatic heterocycles. The van der Waals surface area contributed by atoms with E-state index in [1.807, 2.05) is 0 Å². The average Bonchev–Trinajstić information content (AvgIpc) is 3.07. The molecule has 1 atom stereocenters. The lowest BCUT2D eigenvalue weighted by Gasteiger charge is -2.34. The van der Waals surface area contributed by atoms with E-state index in [4.69, 9.17) is 4.74 Å². The summed E-state index contributed by atoms with van der Waals surface area (Å²) in [6.07, 6.45) is 5.28. The highest BCUT2D eigenvalue weighted by molar-refractivity contribution is 5.69. The molecule has 0 bridgehead atoms.